The summed E-state index contributed by atoms with van der Waals surface area (Å²) in [6.45, 7) is 4.07. The Morgan fingerprint density at radius 2 is 0.852 bits per heavy atom. The summed E-state index contributed by atoms with van der Waals surface area (Å²) in [5, 5.41) is 0. The summed E-state index contributed by atoms with van der Waals surface area (Å²) in [5.74, 6) is 0. The van der Waals surface area contributed by atoms with Crippen LogP contribution in [0.25, 0.3) is 0 Å². The molecule has 7 heteroatoms. The van der Waals surface area contributed by atoms with Crippen LogP contribution < -0.4 is 0 Å². The van der Waals surface area contributed by atoms with Gasteiger partial charge in [0.05, 0.1) is 13.2 Å². The summed E-state index contributed by atoms with van der Waals surface area (Å²) in [6, 6.07) is -1.57. The van der Waals surface area contributed by atoms with E-state index in [0.29, 0.717) is 13.2 Å². The van der Waals surface area contributed by atoms with E-state index < -0.39 is 6.00 Å². The number of unbranched alkanes of at least 4 members (excludes halogenated alkanes) is 11. The molecule has 0 radical (unpaired) electrons. The molecular weight excluding hydrogens is 423 g/mol. The molecule has 0 atom stereocenters. The van der Waals surface area contributed by atoms with Gasteiger partial charge in [-0.25, -0.2) is 0 Å². The highest BCUT2D eigenvalue weighted by molar-refractivity contribution is 7.64. The van der Waals surface area contributed by atoms with E-state index in [9.17, 15) is 0 Å². The second-order valence-electron chi connectivity index (χ2n) is 7.18. The zero-order valence-electron chi connectivity index (χ0n) is 17.3. The monoisotopic (exact) mass is 462 g/mol. The lowest BCUT2D eigenvalue weighted by atomic mass is 10.1. The predicted octanol–water partition coefficient (Wildman–Crippen LogP) is 7.39. The third kappa shape index (κ3) is 27.0. The molecule has 0 aliphatic heterocycles. The van der Waals surface area contributed by atoms with Crippen LogP contribution in [0.2, 0.25) is 6.04 Å². The van der Waals surface area contributed by atoms with E-state index in [1.807, 2.05) is 0 Å². The van der Waals surface area contributed by atoms with Crippen LogP contribution in [0.3, 0.4) is 0 Å². The smallest absolute Gasteiger partial charge is 0.341 e. The van der Waals surface area contributed by atoms with Crippen LogP contribution in [0.15, 0.2) is 0 Å². The molecule has 0 heterocycles. The quantitative estimate of drug-likeness (QED) is 0.0951. The van der Waals surface area contributed by atoms with Crippen LogP contribution in [0.1, 0.15) is 83.5 Å². The molecule has 0 aromatic heterocycles. The van der Waals surface area contributed by atoms with Gasteiger partial charge in [0.2, 0.25) is 0 Å². The van der Waals surface area contributed by atoms with E-state index >= 15 is 0 Å². The molecule has 0 aromatic carbocycles. The lowest BCUT2D eigenvalue weighted by molar-refractivity contribution is 0.0680. The number of ether oxygens (including phenoxy) is 3. The molecule has 0 amide bonds. The van der Waals surface area contributed by atoms with Crippen molar-refractivity contribution in [3.8, 4) is 0 Å². The summed E-state index contributed by atoms with van der Waals surface area (Å²) >= 11 is 17.6. The summed E-state index contributed by atoms with van der Waals surface area (Å²) in [4.78, 5) is 0. The highest BCUT2D eigenvalue weighted by Gasteiger charge is 2.23. The molecule has 3 nitrogen and oxygen atoms in total. The summed E-state index contributed by atoms with van der Waals surface area (Å²) in [6.07, 6.45) is 16.1. The van der Waals surface area contributed by atoms with Gasteiger partial charge in [-0.2, -0.15) is 0 Å². The van der Waals surface area contributed by atoms with Crippen molar-refractivity contribution in [1.82, 2.24) is 0 Å². The normalized spacial score (nSPS) is 12.0. The van der Waals surface area contributed by atoms with Crippen molar-refractivity contribution < 1.29 is 14.2 Å². The molecule has 0 bridgehead atoms. The molecular formula is C20H41Cl3O3Si. The highest BCUT2D eigenvalue weighted by Crippen LogP contribution is 2.27. The van der Waals surface area contributed by atoms with Crippen LogP contribution >= 0.6 is 33.2 Å². The summed E-state index contributed by atoms with van der Waals surface area (Å²) < 4.78 is 16.1. The standard InChI is InChI=1S/C20H41Cl3O3Si/c1-24-18-19-26-17-13-9-8-12-16-25-15-11-7-5-3-2-4-6-10-14-20-27(21,22)23/h2-20H2,1H3. The minimum Gasteiger partial charge on any atom is -0.382 e. The van der Waals surface area contributed by atoms with Gasteiger partial charge in [-0.3, -0.25) is 0 Å². The van der Waals surface area contributed by atoms with Crippen molar-refractivity contribution in [2.45, 2.75) is 89.5 Å². The van der Waals surface area contributed by atoms with Crippen molar-refractivity contribution in [2.75, 3.05) is 40.1 Å². The third-order valence-electron chi connectivity index (χ3n) is 4.51. The molecule has 0 N–H and O–H groups in total. The van der Waals surface area contributed by atoms with E-state index in [2.05, 4.69) is 0 Å². The van der Waals surface area contributed by atoms with E-state index in [1.54, 1.807) is 7.11 Å². The number of hydrogen-bond donors (Lipinski definition) is 0. The fourth-order valence-electron chi connectivity index (χ4n) is 2.88. The maximum atomic E-state index is 5.88. The van der Waals surface area contributed by atoms with Gasteiger partial charge >= 0.3 is 6.00 Å². The Hall–Kier alpha value is 0.967. The Labute approximate surface area is 182 Å². The Morgan fingerprint density at radius 3 is 1.26 bits per heavy atom. The molecule has 0 spiro atoms. The maximum Gasteiger partial charge on any atom is 0.341 e. The number of halogens is 3. The van der Waals surface area contributed by atoms with Gasteiger partial charge in [-0.05, 0) is 25.3 Å². The zero-order chi connectivity index (χ0) is 20.1. The first-order chi connectivity index (χ1) is 13.1. The fraction of sp³-hybridized carbons (Fsp3) is 1.00. The van der Waals surface area contributed by atoms with E-state index in [0.717, 1.165) is 38.7 Å². The van der Waals surface area contributed by atoms with Gasteiger partial charge < -0.3 is 14.2 Å². The van der Waals surface area contributed by atoms with E-state index in [-0.39, 0.29) is 0 Å². The Morgan fingerprint density at radius 1 is 0.481 bits per heavy atom. The number of rotatable bonds is 22. The van der Waals surface area contributed by atoms with Crippen molar-refractivity contribution >= 4 is 39.2 Å². The lowest BCUT2D eigenvalue weighted by Crippen LogP contribution is -2.07. The van der Waals surface area contributed by atoms with Crippen LogP contribution in [0.5, 0.6) is 0 Å². The number of hydrogen-bond acceptors (Lipinski definition) is 3. The van der Waals surface area contributed by atoms with Crippen molar-refractivity contribution in [3.05, 3.63) is 0 Å². The first kappa shape index (κ1) is 28.0. The third-order valence-corrected chi connectivity index (χ3v) is 7.13. The zero-order valence-corrected chi connectivity index (χ0v) is 20.6. The molecule has 0 saturated carbocycles. The maximum absolute atomic E-state index is 5.88. The lowest BCUT2D eigenvalue weighted by Gasteiger charge is -2.07. The molecule has 164 valence electrons. The van der Waals surface area contributed by atoms with Gasteiger partial charge in [-0.15, -0.1) is 33.2 Å². The van der Waals surface area contributed by atoms with Gasteiger partial charge in [0.1, 0.15) is 0 Å². The van der Waals surface area contributed by atoms with E-state index in [4.69, 9.17) is 47.4 Å². The molecule has 0 fully saturated rings. The first-order valence-electron chi connectivity index (χ1n) is 10.8. The molecule has 0 saturated heterocycles. The minimum atomic E-state index is -2.38. The van der Waals surface area contributed by atoms with Crippen LogP contribution in [-0.4, -0.2) is 46.1 Å². The SMILES string of the molecule is COCCOCCCCCCOCCCCCCCCCCC[Si](Cl)(Cl)Cl. The average Bonchev–Trinajstić information content (AvgIpc) is 2.62. The largest absolute Gasteiger partial charge is 0.382 e. The topological polar surface area (TPSA) is 27.7 Å². The molecule has 0 unspecified atom stereocenters. The number of methoxy groups -OCH3 is 1. The van der Waals surface area contributed by atoms with Crippen molar-refractivity contribution in [1.29, 1.82) is 0 Å². The summed E-state index contributed by atoms with van der Waals surface area (Å²) in [7, 11) is 1.70. The van der Waals surface area contributed by atoms with Crippen LogP contribution in [-0.2, 0) is 14.2 Å². The Balaban J connectivity index is 3.01. The van der Waals surface area contributed by atoms with Crippen LogP contribution in [0, 0.1) is 0 Å². The second kappa shape index (κ2) is 21.7. The van der Waals surface area contributed by atoms with Crippen LogP contribution in [0.4, 0.5) is 0 Å². The average molecular weight is 464 g/mol. The van der Waals surface area contributed by atoms with Gasteiger partial charge in [0.25, 0.3) is 0 Å². The second-order valence-corrected chi connectivity index (χ2v) is 16.5. The molecule has 0 aromatic rings. The Kier molecular flexibility index (Phi) is 22.4. The Bertz CT molecular complexity index is 292. The summed E-state index contributed by atoms with van der Waals surface area (Å²) in [5.41, 5.74) is 0. The van der Waals surface area contributed by atoms with Crippen molar-refractivity contribution in [3.63, 3.8) is 0 Å². The van der Waals surface area contributed by atoms with Crippen molar-refractivity contribution in [2.24, 2.45) is 0 Å². The first-order valence-corrected chi connectivity index (χ1v) is 16.0. The predicted molar refractivity (Wildman–Crippen MR) is 122 cm³/mol. The molecule has 27 heavy (non-hydrogen) atoms. The minimum absolute atomic E-state index is 0.689. The fourth-order valence-corrected chi connectivity index (χ4v) is 4.73. The van der Waals surface area contributed by atoms with Gasteiger partial charge in [-0.1, -0.05) is 64.2 Å². The van der Waals surface area contributed by atoms with Gasteiger partial charge in [0, 0.05) is 26.9 Å². The molecule has 0 aliphatic rings. The molecule has 0 aliphatic carbocycles. The van der Waals surface area contributed by atoms with Gasteiger partial charge in [0.15, 0.2) is 0 Å². The van der Waals surface area contributed by atoms with E-state index in [1.165, 1.54) is 70.6 Å². The highest BCUT2D eigenvalue weighted by atomic mass is 35.8. The molecule has 0 rings (SSSR count).